The first-order valence-electron chi connectivity index (χ1n) is 8.74. The molecule has 0 aliphatic carbocycles. The summed E-state index contributed by atoms with van der Waals surface area (Å²) in [5, 5.41) is 9.85. The van der Waals surface area contributed by atoms with Crippen LogP contribution in [-0.4, -0.2) is 24.7 Å². The summed E-state index contributed by atoms with van der Waals surface area (Å²) in [5.41, 5.74) is 0.896. The fourth-order valence-corrected chi connectivity index (χ4v) is 4.89. The van der Waals surface area contributed by atoms with Crippen molar-refractivity contribution >= 4 is 33.3 Å². The number of rotatable bonds is 6. The minimum atomic E-state index is -0.114. The van der Waals surface area contributed by atoms with Crippen LogP contribution >= 0.6 is 23.1 Å². The van der Waals surface area contributed by atoms with Gasteiger partial charge in [0.25, 0.3) is 5.56 Å². The lowest BCUT2D eigenvalue weighted by atomic mass is 10.2. The normalized spacial score (nSPS) is 12.5. The lowest BCUT2D eigenvalue weighted by molar-refractivity contribution is 0.569. The number of aromatic amines is 1. The van der Waals surface area contributed by atoms with E-state index < -0.39 is 0 Å². The smallest absolute Gasteiger partial charge is 0.259 e. The van der Waals surface area contributed by atoms with Gasteiger partial charge >= 0.3 is 0 Å². The van der Waals surface area contributed by atoms with Crippen LogP contribution < -0.4 is 5.56 Å². The van der Waals surface area contributed by atoms with Crippen LogP contribution in [-0.2, 0) is 6.54 Å². The van der Waals surface area contributed by atoms with Crippen molar-refractivity contribution in [2.24, 2.45) is 0 Å². The number of fused-ring (bicyclic) bond motifs is 1. The van der Waals surface area contributed by atoms with Crippen LogP contribution in [0.2, 0.25) is 0 Å². The maximum Gasteiger partial charge on any atom is 0.259 e. The molecule has 0 fully saturated rings. The molecule has 4 aromatic rings. The average molecular weight is 414 g/mol. The number of furan rings is 1. The van der Waals surface area contributed by atoms with E-state index in [0.29, 0.717) is 34.5 Å². The fraction of sp³-hybridized carbons (Fsp3) is 0.263. The third kappa shape index (κ3) is 3.20. The van der Waals surface area contributed by atoms with Crippen molar-refractivity contribution in [2.75, 3.05) is 0 Å². The van der Waals surface area contributed by atoms with Crippen molar-refractivity contribution in [3.8, 4) is 11.6 Å². The van der Waals surface area contributed by atoms with Crippen molar-refractivity contribution in [1.82, 2.24) is 24.7 Å². The third-order valence-corrected chi connectivity index (χ3v) is 6.69. The van der Waals surface area contributed by atoms with Crippen LogP contribution in [0.1, 0.15) is 28.4 Å². The number of allylic oxidation sites excluding steroid dienone is 1. The number of thioether (sulfide) groups is 1. The number of thiophene rings is 1. The van der Waals surface area contributed by atoms with Gasteiger partial charge in [0, 0.05) is 11.4 Å². The molecule has 0 aromatic carbocycles. The minimum absolute atomic E-state index is 0.0990. The SMILES string of the molecule is C=CCn1c(SC(C)c2nc3sc(C)c(C)c3c(=O)[nH]2)nnc1-c1ccco1. The van der Waals surface area contributed by atoms with E-state index in [1.165, 1.54) is 11.8 Å². The fourth-order valence-electron chi connectivity index (χ4n) is 2.94. The number of nitrogens with one attached hydrogen (secondary N) is 1. The highest BCUT2D eigenvalue weighted by atomic mass is 32.2. The summed E-state index contributed by atoms with van der Waals surface area (Å²) in [6, 6.07) is 3.66. The van der Waals surface area contributed by atoms with Crippen LogP contribution in [0.3, 0.4) is 0 Å². The lowest BCUT2D eigenvalue weighted by Gasteiger charge is -2.11. The Bertz CT molecular complexity index is 1200. The van der Waals surface area contributed by atoms with Gasteiger partial charge in [-0.3, -0.25) is 9.36 Å². The Morgan fingerprint density at radius 2 is 2.25 bits per heavy atom. The van der Waals surface area contributed by atoms with E-state index in [9.17, 15) is 4.79 Å². The van der Waals surface area contributed by atoms with Crippen LogP contribution in [0.4, 0.5) is 0 Å². The Morgan fingerprint density at radius 3 is 2.96 bits per heavy atom. The van der Waals surface area contributed by atoms with Crippen LogP contribution in [0.25, 0.3) is 21.8 Å². The Labute approximate surface area is 169 Å². The van der Waals surface area contributed by atoms with Gasteiger partial charge < -0.3 is 9.40 Å². The van der Waals surface area contributed by atoms with Gasteiger partial charge in [0.2, 0.25) is 5.82 Å². The Hall–Kier alpha value is -2.65. The monoisotopic (exact) mass is 413 g/mol. The average Bonchev–Trinajstić information content (AvgIpc) is 3.37. The molecule has 0 radical (unpaired) electrons. The van der Waals surface area contributed by atoms with E-state index in [1.807, 2.05) is 37.5 Å². The standard InChI is InChI=1S/C19H19N5O2S2/c1-5-8-24-16(13-7-6-9-26-13)22-23-19(24)28-12(4)15-20-17(25)14-10(2)11(3)27-18(14)21-15/h5-7,9,12H,1,8H2,2-4H3,(H,20,21,25). The number of hydrogen-bond donors (Lipinski definition) is 1. The van der Waals surface area contributed by atoms with Gasteiger partial charge in [-0.25, -0.2) is 4.98 Å². The molecule has 0 saturated heterocycles. The Morgan fingerprint density at radius 1 is 1.43 bits per heavy atom. The predicted octanol–water partition coefficient (Wildman–Crippen LogP) is 4.49. The number of nitrogens with zero attached hydrogens (tertiary/aromatic N) is 4. The van der Waals surface area contributed by atoms with E-state index >= 15 is 0 Å². The molecular weight excluding hydrogens is 394 g/mol. The quantitative estimate of drug-likeness (QED) is 0.370. The zero-order chi connectivity index (χ0) is 19.8. The van der Waals surface area contributed by atoms with E-state index in [2.05, 4.69) is 21.8 Å². The second kappa shape index (κ2) is 7.40. The number of hydrogen-bond acceptors (Lipinski definition) is 7. The Balaban J connectivity index is 1.69. The zero-order valence-electron chi connectivity index (χ0n) is 15.7. The van der Waals surface area contributed by atoms with Crippen molar-refractivity contribution in [3.05, 3.63) is 57.7 Å². The highest BCUT2D eigenvalue weighted by Crippen LogP contribution is 2.35. The Kier molecular flexibility index (Phi) is 4.94. The topological polar surface area (TPSA) is 89.6 Å². The summed E-state index contributed by atoms with van der Waals surface area (Å²) in [4.78, 5) is 22.1. The molecule has 0 saturated carbocycles. The molecule has 0 aliphatic rings. The molecule has 144 valence electrons. The third-order valence-electron chi connectivity index (χ3n) is 4.49. The van der Waals surface area contributed by atoms with E-state index in [-0.39, 0.29) is 10.8 Å². The molecule has 0 spiro atoms. The largest absolute Gasteiger partial charge is 0.461 e. The van der Waals surface area contributed by atoms with Gasteiger partial charge in [-0.2, -0.15) is 0 Å². The number of H-pyrrole nitrogens is 1. The second-order valence-electron chi connectivity index (χ2n) is 6.36. The van der Waals surface area contributed by atoms with Gasteiger partial charge in [0.05, 0.1) is 16.9 Å². The molecule has 1 unspecified atom stereocenters. The van der Waals surface area contributed by atoms with Gasteiger partial charge in [-0.1, -0.05) is 17.8 Å². The molecule has 0 amide bonds. The highest BCUT2D eigenvalue weighted by Gasteiger charge is 2.21. The first-order chi connectivity index (χ1) is 13.5. The van der Waals surface area contributed by atoms with Crippen molar-refractivity contribution in [3.63, 3.8) is 0 Å². The molecule has 9 heteroatoms. The van der Waals surface area contributed by atoms with Crippen molar-refractivity contribution < 1.29 is 4.42 Å². The van der Waals surface area contributed by atoms with Gasteiger partial charge in [-0.05, 0) is 38.5 Å². The summed E-state index contributed by atoms with van der Waals surface area (Å²) in [6.07, 6.45) is 3.39. The summed E-state index contributed by atoms with van der Waals surface area (Å²) in [7, 11) is 0. The number of aromatic nitrogens is 5. The maximum absolute atomic E-state index is 12.6. The van der Waals surface area contributed by atoms with E-state index in [4.69, 9.17) is 9.40 Å². The molecule has 4 heterocycles. The van der Waals surface area contributed by atoms with Crippen LogP contribution in [0, 0.1) is 13.8 Å². The number of aryl methyl sites for hydroxylation is 2. The summed E-state index contributed by atoms with van der Waals surface area (Å²) < 4.78 is 7.40. The molecule has 0 bridgehead atoms. The zero-order valence-corrected chi connectivity index (χ0v) is 17.4. The van der Waals surface area contributed by atoms with E-state index in [1.54, 1.807) is 23.7 Å². The molecule has 1 N–H and O–H groups in total. The molecule has 4 rings (SSSR count). The molecule has 1 atom stereocenters. The summed E-state index contributed by atoms with van der Waals surface area (Å²) >= 11 is 3.03. The molecule has 7 nitrogen and oxygen atoms in total. The van der Waals surface area contributed by atoms with Crippen molar-refractivity contribution in [2.45, 2.75) is 37.7 Å². The van der Waals surface area contributed by atoms with E-state index in [0.717, 1.165) is 15.3 Å². The minimum Gasteiger partial charge on any atom is -0.461 e. The highest BCUT2D eigenvalue weighted by molar-refractivity contribution is 7.99. The molecule has 4 aromatic heterocycles. The first-order valence-corrected chi connectivity index (χ1v) is 10.4. The second-order valence-corrected chi connectivity index (χ2v) is 8.87. The lowest BCUT2D eigenvalue weighted by Crippen LogP contribution is -2.13. The van der Waals surface area contributed by atoms with Gasteiger partial charge in [0.15, 0.2) is 10.9 Å². The van der Waals surface area contributed by atoms with Gasteiger partial charge in [-0.15, -0.1) is 28.1 Å². The molecule has 28 heavy (non-hydrogen) atoms. The maximum atomic E-state index is 12.6. The summed E-state index contributed by atoms with van der Waals surface area (Å²) in [5.74, 6) is 1.91. The van der Waals surface area contributed by atoms with Crippen LogP contribution in [0.15, 0.2) is 45.4 Å². The molecule has 0 aliphatic heterocycles. The summed E-state index contributed by atoms with van der Waals surface area (Å²) in [6.45, 7) is 10.3. The van der Waals surface area contributed by atoms with Crippen molar-refractivity contribution in [1.29, 1.82) is 0 Å². The predicted molar refractivity (Wildman–Crippen MR) is 112 cm³/mol. The van der Waals surface area contributed by atoms with Gasteiger partial charge in [0.1, 0.15) is 10.7 Å². The van der Waals surface area contributed by atoms with Crippen LogP contribution in [0.5, 0.6) is 0 Å². The first kappa shape index (κ1) is 18.7. The molecular formula is C19H19N5O2S2.